The second-order valence-corrected chi connectivity index (χ2v) is 4.40. The summed E-state index contributed by atoms with van der Waals surface area (Å²) in [7, 11) is 0. The Kier molecular flexibility index (Phi) is 3.97. The first-order valence-corrected chi connectivity index (χ1v) is 6.19. The molecule has 1 aliphatic heterocycles. The highest BCUT2D eigenvalue weighted by Gasteiger charge is 2.21. The first-order chi connectivity index (χ1) is 8.20. The maximum Gasteiger partial charge on any atom is 0.277 e. The second kappa shape index (κ2) is 5.47. The minimum absolute atomic E-state index is 0.135. The molecule has 4 nitrogen and oxygen atoms in total. The van der Waals surface area contributed by atoms with Crippen LogP contribution < -0.4 is 0 Å². The molecule has 5 heteroatoms. The van der Waals surface area contributed by atoms with Gasteiger partial charge in [-0.25, -0.2) is 10.0 Å². The Hall–Kier alpha value is -1.13. The Balaban J connectivity index is 2.21. The number of pyridine rings is 1. The third kappa shape index (κ3) is 2.96. The number of hydrogen-bond donors (Lipinski definition) is 0. The molecule has 1 aromatic rings. The Morgan fingerprint density at radius 1 is 1.59 bits per heavy atom. The van der Waals surface area contributed by atoms with Gasteiger partial charge in [0.25, 0.3) is 5.91 Å². The van der Waals surface area contributed by atoms with Gasteiger partial charge in [-0.15, -0.1) is 0 Å². The first-order valence-electron chi connectivity index (χ1n) is 5.82. The summed E-state index contributed by atoms with van der Waals surface area (Å²) in [6, 6.07) is 3.38. The molecule has 92 valence electrons. The fourth-order valence-corrected chi connectivity index (χ4v) is 2.04. The average molecular weight is 255 g/mol. The molecule has 0 unspecified atom stereocenters. The van der Waals surface area contributed by atoms with Crippen LogP contribution in [0.5, 0.6) is 0 Å². The van der Waals surface area contributed by atoms with Crippen LogP contribution in [0.15, 0.2) is 12.1 Å². The van der Waals surface area contributed by atoms with E-state index in [2.05, 4.69) is 11.9 Å². The topological polar surface area (TPSA) is 42.4 Å². The van der Waals surface area contributed by atoms with Gasteiger partial charge in [-0.2, -0.15) is 0 Å². The number of halogens is 1. The molecule has 0 aliphatic carbocycles. The highest BCUT2D eigenvalue weighted by atomic mass is 35.5. The molecule has 0 radical (unpaired) electrons. The fourth-order valence-electron chi connectivity index (χ4n) is 1.81. The van der Waals surface area contributed by atoms with Crippen LogP contribution in [-0.4, -0.2) is 29.1 Å². The van der Waals surface area contributed by atoms with Crippen molar-refractivity contribution in [2.24, 2.45) is 0 Å². The van der Waals surface area contributed by atoms with Crippen molar-refractivity contribution in [1.29, 1.82) is 0 Å². The minimum atomic E-state index is -0.135. The van der Waals surface area contributed by atoms with Crippen molar-refractivity contribution in [2.45, 2.75) is 26.2 Å². The summed E-state index contributed by atoms with van der Waals surface area (Å²) < 4.78 is 0. The van der Waals surface area contributed by atoms with Crippen LogP contribution in [0.4, 0.5) is 0 Å². The Morgan fingerprint density at radius 2 is 2.41 bits per heavy atom. The summed E-state index contributed by atoms with van der Waals surface area (Å²) in [5.41, 5.74) is 1.40. The van der Waals surface area contributed by atoms with Gasteiger partial charge >= 0.3 is 0 Å². The van der Waals surface area contributed by atoms with E-state index in [9.17, 15) is 4.79 Å². The summed E-state index contributed by atoms with van der Waals surface area (Å²) in [6.45, 7) is 3.31. The number of amides is 1. The molecule has 2 heterocycles. The van der Waals surface area contributed by atoms with E-state index in [1.54, 1.807) is 12.1 Å². The number of hydrogen-bond acceptors (Lipinski definition) is 3. The molecule has 0 bridgehead atoms. The maximum atomic E-state index is 12.1. The minimum Gasteiger partial charge on any atom is -0.271 e. The van der Waals surface area contributed by atoms with Gasteiger partial charge in [-0.1, -0.05) is 24.9 Å². The monoisotopic (exact) mass is 254 g/mol. The van der Waals surface area contributed by atoms with Crippen molar-refractivity contribution in [1.82, 2.24) is 10.0 Å². The molecule has 0 spiro atoms. The van der Waals surface area contributed by atoms with Crippen LogP contribution in [-0.2, 0) is 11.3 Å². The van der Waals surface area contributed by atoms with Crippen molar-refractivity contribution in [3.8, 4) is 0 Å². The summed E-state index contributed by atoms with van der Waals surface area (Å²) >= 11 is 5.91. The molecule has 1 fully saturated rings. The van der Waals surface area contributed by atoms with Crippen molar-refractivity contribution >= 4 is 17.5 Å². The van der Waals surface area contributed by atoms with Crippen molar-refractivity contribution in [3.05, 3.63) is 28.5 Å². The van der Waals surface area contributed by atoms with Crippen molar-refractivity contribution in [3.63, 3.8) is 0 Å². The average Bonchev–Trinajstić information content (AvgIpc) is 2.81. The number of aromatic nitrogens is 1. The van der Waals surface area contributed by atoms with E-state index in [1.807, 2.05) is 0 Å². The van der Waals surface area contributed by atoms with Gasteiger partial charge in [0, 0.05) is 11.3 Å². The van der Waals surface area contributed by atoms with E-state index in [0.29, 0.717) is 23.9 Å². The lowest BCUT2D eigenvalue weighted by Crippen LogP contribution is -2.26. The highest BCUT2D eigenvalue weighted by Crippen LogP contribution is 2.16. The predicted octanol–water partition coefficient (Wildman–Crippen LogP) is 2.47. The Morgan fingerprint density at radius 3 is 3.06 bits per heavy atom. The smallest absolute Gasteiger partial charge is 0.271 e. The second-order valence-electron chi connectivity index (χ2n) is 4.01. The lowest BCUT2D eigenvalue weighted by Gasteiger charge is -2.14. The molecule has 1 amide bonds. The summed E-state index contributed by atoms with van der Waals surface area (Å²) in [6.07, 6.45) is 2.68. The SMILES string of the molecule is CCCc1cc(C(=O)N2CCCO2)cc(Cl)n1. The van der Waals surface area contributed by atoms with Crippen LogP contribution >= 0.6 is 11.6 Å². The molecular formula is C12H15ClN2O2. The fraction of sp³-hybridized carbons (Fsp3) is 0.500. The van der Waals surface area contributed by atoms with E-state index in [0.717, 1.165) is 25.0 Å². The summed E-state index contributed by atoms with van der Waals surface area (Å²) in [5, 5.41) is 1.75. The Bertz CT molecular complexity index is 417. The van der Waals surface area contributed by atoms with Gasteiger partial charge in [-0.05, 0) is 25.0 Å². The molecule has 1 aromatic heterocycles. The molecule has 0 atom stereocenters. The largest absolute Gasteiger partial charge is 0.277 e. The lowest BCUT2D eigenvalue weighted by molar-refractivity contribution is -0.0768. The standard InChI is InChI=1S/C12H15ClN2O2/c1-2-4-10-7-9(8-11(13)14-10)12(16)15-5-3-6-17-15/h7-8H,2-6H2,1H3. The predicted molar refractivity (Wildman–Crippen MR) is 64.8 cm³/mol. The molecule has 0 saturated carbocycles. The van der Waals surface area contributed by atoms with Crippen LogP contribution in [0.1, 0.15) is 35.8 Å². The zero-order chi connectivity index (χ0) is 12.3. The van der Waals surface area contributed by atoms with E-state index < -0.39 is 0 Å². The van der Waals surface area contributed by atoms with Gasteiger partial charge in [0.2, 0.25) is 0 Å². The number of aryl methyl sites for hydroxylation is 1. The van der Waals surface area contributed by atoms with Crippen LogP contribution in [0.2, 0.25) is 5.15 Å². The summed E-state index contributed by atoms with van der Waals surface area (Å²) in [4.78, 5) is 21.5. The summed E-state index contributed by atoms with van der Waals surface area (Å²) in [5.74, 6) is -0.135. The van der Waals surface area contributed by atoms with E-state index in [-0.39, 0.29) is 5.91 Å². The molecule has 0 N–H and O–H groups in total. The van der Waals surface area contributed by atoms with E-state index in [4.69, 9.17) is 16.4 Å². The van der Waals surface area contributed by atoms with Crippen molar-refractivity contribution in [2.75, 3.05) is 13.2 Å². The van der Waals surface area contributed by atoms with Gasteiger partial charge in [-0.3, -0.25) is 9.63 Å². The van der Waals surface area contributed by atoms with E-state index in [1.165, 1.54) is 5.06 Å². The number of rotatable bonds is 3. The van der Waals surface area contributed by atoms with Crippen molar-refractivity contribution < 1.29 is 9.63 Å². The van der Waals surface area contributed by atoms with Gasteiger partial charge in [0.15, 0.2) is 0 Å². The quantitative estimate of drug-likeness (QED) is 0.779. The first kappa shape index (κ1) is 12.3. The van der Waals surface area contributed by atoms with Gasteiger partial charge in [0.05, 0.1) is 13.2 Å². The number of nitrogens with zero attached hydrogens (tertiary/aromatic N) is 2. The normalized spacial score (nSPS) is 15.3. The third-order valence-corrected chi connectivity index (χ3v) is 2.77. The molecular weight excluding hydrogens is 240 g/mol. The zero-order valence-electron chi connectivity index (χ0n) is 9.78. The maximum absolute atomic E-state index is 12.1. The Labute approximate surface area is 105 Å². The van der Waals surface area contributed by atoms with Crippen LogP contribution in [0.25, 0.3) is 0 Å². The lowest BCUT2D eigenvalue weighted by atomic mass is 10.1. The molecule has 0 aromatic carbocycles. The number of carbonyl (C=O) groups is 1. The zero-order valence-corrected chi connectivity index (χ0v) is 10.5. The van der Waals surface area contributed by atoms with Gasteiger partial charge in [0.1, 0.15) is 5.15 Å². The highest BCUT2D eigenvalue weighted by molar-refractivity contribution is 6.29. The van der Waals surface area contributed by atoms with Crippen LogP contribution in [0, 0.1) is 0 Å². The van der Waals surface area contributed by atoms with Gasteiger partial charge < -0.3 is 0 Å². The molecule has 1 saturated heterocycles. The van der Waals surface area contributed by atoms with E-state index >= 15 is 0 Å². The molecule has 1 aliphatic rings. The molecule has 17 heavy (non-hydrogen) atoms. The number of hydroxylamine groups is 2. The third-order valence-electron chi connectivity index (χ3n) is 2.58. The van der Waals surface area contributed by atoms with Crippen LogP contribution in [0.3, 0.4) is 0 Å². The number of carbonyl (C=O) groups excluding carboxylic acids is 1. The molecule has 2 rings (SSSR count).